The number of aromatic nitrogens is 2. The minimum absolute atomic E-state index is 0.159. The molecular weight excluding hydrogens is 238 g/mol. The van der Waals surface area contributed by atoms with E-state index in [2.05, 4.69) is 18.1 Å². The average molecular weight is 259 g/mol. The molecule has 0 bridgehead atoms. The summed E-state index contributed by atoms with van der Waals surface area (Å²) in [6.45, 7) is 4.74. The van der Waals surface area contributed by atoms with Gasteiger partial charge in [-0.25, -0.2) is 0 Å². The lowest BCUT2D eigenvalue weighted by Crippen LogP contribution is -2.15. The van der Waals surface area contributed by atoms with Crippen molar-refractivity contribution in [2.24, 2.45) is 12.8 Å². The molecule has 0 aliphatic heterocycles. The molecule has 0 radical (unpaired) electrons. The highest BCUT2D eigenvalue weighted by molar-refractivity contribution is 5.33. The van der Waals surface area contributed by atoms with Crippen LogP contribution in [0, 0.1) is 0 Å². The van der Waals surface area contributed by atoms with Crippen molar-refractivity contribution in [1.29, 1.82) is 0 Å². The molecule has 2 rings (SSSR count). The first kappa shape index (κ1) is 13.6. The normalized spacial score (nSPS) is 12.4. The van der Waals surface area contributed by atoms with Crippen molar-refractivity contribution >= 4 is 0 Å². The Hall–Kier alpha value is -1.81. The summed E-state index contributed by atoms with van der Waals surface area (Å²) in [5, 5.41) is 4.43. The lowest BCUT2D eigenvalue weighted by molar-refractivity contribution is 0.340. The first-order valence-electron chi connectivity index (χ1n) is 6.66. The van der Waals surface area contributed by atoms with Crippen LogP contribution < -0.4 is 10.5 Å². The zero-order chi connectivity index (χ0) is 13.8. The number of benzene rings is 1. The van der Waals surface area contributed by atoms with Crippen LogP contribution in [0.3, 0.4) is 0 Å². The summed E-state index contributed by atoms with van der Waals surface area (Å²) in [7, 11) is 1.93. The van der Waals surface area contributed by atoms with Crippen LogP contribution in [0.2, 0.25) is 0 Å². The molecule has 1 heterocycles. The van der Waals surface area contributed by atoms with Crippen molar-refractivity contribution in [3.8, 4) is 5.75 Å². The molecule has 1 aromatic carbocycles. The highest BCUT2D eigenvalue weighted by atomic mass is 16.5. The molecule has 0 spiro atoms. The van der Waals surface area contributed by atoms with Gasteiger partial charge in [0.1, 0.15) is 5.75 Å². The van der Waals surface area contributed by atoms with Crippen LogP contribution in [0.25, 0.3) is 0 Å². The summed E-state index contributed by atoms with van der Waals surface area (Å²) in [5.74, 6) is 0.873. The van der Waals surface area contributed by atoms with E-state index in [1.54, 1.807) is 0 Å². The van der Waals surface area contributed by atoms with Gasteiger partial charge in [-0.3, -0.25) is 4.68 Å². The molecule has 19 heavy (non-hydrogen) atoms. The Labute approximate surface area is 114 Å². The number of hydrogen-bond acceptors (Lipinski definition) is 3. The fraction of sp³-hybridized carbons (Fsp3) is 0.400. The van der Waals surface area contributed by atoms with Crippen molar-refractivity contribution in [3.63, 3.8) is 0 Å². The predicted molar refractivity (Wildman–Crippen MR) is 76.2 cm³/mol. The molecule has 0 saturated heterocycles. The number of hydrogen-bond donors (Lipinski definition) is 1. The summed E-state index contributed by atoms with van der Waals surface area (Å²) in [6, 6.07) is 9.84. The third kappa shape index (κ3) is 2.96. The van der Waals surface area contributed by atoms with Gasteiger partial charge in [0.25, 0.3) is 0 Å². The van der Waals surface area contributed by atoms with Crippen LogP contribution in [0.15, 0.2) is 30.3 Å². The number of nitrogens with zero attached hydrogens (tertiary/aromatic N) is 2. The van der Waals surface area contributed by atoms with Crippen LogP contribution in [-0.2, 0) is 13.5 Å². The third-order valence-electron chi connectivity index (χ3n) is 3.20. The lowest BCUT2D eigenvalue weighted by Gasteiger charge is -2.13. The lowest BCUT2D eigenvalue weighted by atomic mass is 10.0. The second-order valence-corrected chi connectivity index (χ2v) is 4.52. The Kier molecular flexibility index (Phi) is 4.22. The van der Waals surface area contributed by atoms with E-state index in [9.17, 15) is 0 Å². The third-order valence-corrected chi connectivity index (χ3v) is 3.20. The highest BCUT2D eigenvalue weighted by Gasteiger charge is 2.14. The molecular formula is C15H21N3O. The van der Waals surface area contributed by atoms with Crippen LogP contribution in [0.1, 0.15) is 36.8 Å². The number of rotatable bonds is 5. The molecule has 1 unspecified atom stereocenters. The molecule has 0 fully saturated rings. The summed E-state index contributed by atoms with van der Waals surface area (Å²) >= 11 is 0. The topological polar surface area (TPSA) is 53.1 Å². The quantitative estimate of drug-likeness (QED) is 0.897. The smallest absolute Gasteiger partial charge is 0.119 e. The SMILES string of the molecule is CCOc1ccc(C(N)c2cc(CC)nn2C)cc1. The second kappa shape index (κ2) is 5.89. The molecule has 102 valence electrons. The van der Waals surface area contributed by atoms with Gasteiger partial charge < -0.3 is 10.5 Å². The molecule has 0 aliphatic carbocycles. The zero-order valence-electron chi connectivity index (χ0n) is 11.8. The summed E-state index contributed by atoms with van der Waals surface area (Å²) in [4.78, 5) is 0. The van der Waals surface area contributed by atoms with Crippen LogP contribution >= 0.6 is 0 Å². The van der Waals surface area contributed by atoms with Gasteiger partial charge in [-0.2, -0.15) is 5.10 Å². The van der Waals surface area contributed by atoms with E-state index in [1.165, 1.54) is 0 Å². The Balaban J connectivity index is 2.22. The van der Waals surface area contributed by atoms with Crippen molar-refractivity contribution < 1.29 is 4.74 Å². The van der Waals surface area contributed by atoms with Crippen molar-refractivity contribution in [2.45, 2.75) is 26.3 Å². The predicted octanol–water partition coefficient (Wildman–Crippen LogP) is 2.43. The van der Waals surface area contributed by atoms with Crippen LogP contribution in [0.5, 0.6) is 5.75 Å². The molecule has 2 aromatic rings. The summed E-state index contributed by atoms with van der Waals surface area (Å²) < 4.78 is 7.29. The van der Waals surface area contributed by atoms with E-state index in [4.69, 9.17) is 10.5 Å². The first-order valence-corrected chi connectivity index (χ1v) is 6.66. The first-order chi connectivity index (χ1) is 9.15. The van der Waals surface area contributed by atoms with Gasteiger partial charge in [-0.15, -0.1) is 0 Å². The van der Waals surface area contributed by atoms with Gasteiger partial charge in [-0.05, 0) is 37.1 Å². The number of ether oxygens (including phenoxy) is 1. The molecule has 4 nitrogen and oxygen atoms in total. The number of aryl methyl sites for hydroxylation is 2. The number of nitrogens with two attached hydrogens (primary N) is 1. The van der Waals surface area contributed by atoms with Crippen LogP contribution in [0.4, 0.5) is 0 Å². The van der Waals surface area contributed by atoms with Gasteiger partial charge in [-0.1, -0.05) is 19.1 Å². The molecule has 2 N–H and O–H groups in total. The van der Waals surface area contributed by atoms with Gasteiger partial charge >= 0.3 is 0 Å². The van der Waals surface area contributed by atoms with Crippen molar-refractivity contribution in [2.75, 3.05) is 6.61 Å². The minimum Gasteiger partial charge on any atom is -0.494 e. The van der Waals surface area contributed by atoms with E-state index in [0.29, 0.717) is 6.61 Å². The maximum Gasteiger partial charge on any atom is 0.119 e. The average Bonchev–Trinajstić information content (AvgIpc) is 2.80. The van der Waals surface area contributed by atoms with E-state index in [1.807, 2.05) is 42.9 Å². The van der Waals surface area contributed by atoms with Gasteiger partial charge in [0.05, 0.1) is 24.0 Å². The Morgan fingerprint density at radius 1 is 1.26 bits per heavy atom. The Morgan fingerprint density at radius 3 is 2.47 bits per heavy atom. The van der Waals surface area contributed by atoms with E-state index in [0.717, 1.165) is 29.1 Å². The largest absolute Gasteiger partial charge is 0.494 e. The maximum absolute atomic E-state index is 6.31. The van der Waals surface area contributed by atoms with Crippen molar-refractivity contribution in [1.82, 2.24) is 9.78 Å². The second-order valence-electron chi connectivity index (χ2n) is 4.52. The molecule has 1 aromatic heterocycles. The standard InChI is InChI=1S/C15H21N3O/c1-4-12-10-14(18(3)17-12)15(16)11-6-8-13(9-7-11)19-5-2/h6-10,15H,4-5,16H2,1-3H3. The van der Waals surface area contributed by atoms with E-state index in [-0.39, 0.29) is 6.04 Å². The molecule has 4 heteroatoms. The summed E-state index contributed by atoms with van der Waals surface area (Å²) in [5.41, 5.74) is 9.47. The molecule has 0 amide bonds. The van der Waals surface area contributed by atoms with Crippen molar-refractivity contribution in [3.05, 3.63) is 47.3 Å². The van der Waals surface area contributed by atoms with Gasteiger partial charge in [0, 0.05) is 7.05 Å². The zero-order valence-corrected chi connectivity index (χ0v) is 11.8. The minimum atomic E-state index is -0.159. The summed E-state index contributed by atoms with van der Waals surface area (Å²) in [6.07, 6.45) is 0.920. The van der Waals surface area contributed by atoms with Gasteiger partial charge in [0.2, 0.25) is 0 Å². The van der Waals surface area contributed by atoms with E-state index >= 15 is 0 Å². The maximum atomic E-state index is 6.31. The van der Waals surface area contributed by atoms with Gasteiger partial charge in [0.15, 0.2) is 0 Å². The fourth-order valence-electron chi connectivity index (χ4n) is 2.12. The molecule has 0 saturated carbocycles. The molecule has 1 atom stereocenters. The fourth-order valence-corrected chi connectivity index (χ4v) is 2.12. The van der Waals surface area contributed by atoms with E-state index < -0.39 is 0 Å². The molecule has 0 aliphatic rings. The Bertz CT molecular complexity index is 531. The highest BCUT2D eigenvalue weighted by Crippen LogP contribution is 2.22. The van der Waals surface area contributed by atoms with Crippen LogP contribution in [-0.4, -0.2) is 16.4 Å². The monoisotopic (exact) mass is 259 g/mol. The Morgan fingerprint density at radius 2 is 1.95 bits per heavy atom.